The molecule has 0 unspecified atom stereocenters. The minimum atomic E-state index is -1.17. The number of carboxylic acid groups (broad SMARTS) is 1. The van der Waals surface area contributed by atoms with E-state index in [-0.39, 0.29) is 23.7 Å². The maximum Gasteiger partial charge on any atom is 0.336 e. The van der Waals surface area contributed by atoms with Crippen LogP contribution >= 0.6 is 0 Å². The molecule has 0 heterocycles. The first-order chi connectivity index (χ1) is 16.4. The largest absolute Gasteiger partial charge is 0.478 e. The van der Waals surface area contributed by atoms with Crippen molar-refractivity contribution in [2.75, 3.05) is 6.61 Å². The van der Waals surface area contributed by atoms with Gasteiger partial charge in [-0.2, -0.15) is 0 Å². The second-order valence-electron chi connectivity index (χ2n) is 8.18. The van der Waals surface area contributed by atoms with E-state index in [0.717, 1.165) is 16.7 Å². The summed E-state index contributed by atoms with van der Waals surface area (Å²) in [4.78, 5) is 36.8. The average Bonchev–Trinajstić information content (AvgIpc) is 2.85. The first-order valence-corrected chi connectivity index (χ1v) is 11.3. The quantitative estimate of drug-likeness (QED) is 0.417. The molecule has 0 spiro atoms. The Morgan fingerprint density at radius 1 is 0.853 bits per heavy atom. The van der Waals surface area contributed by atoms with Crippen LogP contribution in [0.15, 0.2) is 78.9 Å². The minimum absolute atomic E-state index is 0.0654. The number of aromatic carboxylic acids is 1. The highest BCUT2D eigenvalue weighted by molar-refractivity contribution is 6.04. The van der Waals surface area contributed by atoms with Gasteiger partial charge in [-0.25, -0.2) is 4.79 Å². The van der Waals surface area contributed by atoms with Crippen LogP contribution in [0.1, 0.15) is 46.5 Å². The van der Waals surface area contributed by atoms with Gasteiger partial charge in [0.05, 0.1) is 23.7 Å². The van der Waals surface area contributed by atoms with Gasteiger partial charge in [0.25, 0.3) is 5.91 Å². The Morgan fingerprint density at radius 2 is 1.44 bits per heavy atom. The summed E-state index contributed by atoms with van der Waals surface area (Å²) >= 11 is 0. The Balaban J connectivity index is 1.80. The number of hydrogen-bond acceptors (Lipinski definition) is 4. The smallest absolute Gasteiger partial charge is 0.336 e. The molecule has 0 radical (unpaired) electrons. The average molecular weight is 460 g/mol. The van der Waals surface area contributed by atoms with Gasteiger partial charge in [0.2, 0.25) is 0 Å². The molecule has 6 heteroatoms. The molecule has 1 amide bonds. The van der Waals surface area contributed by atoms with Crippen LogP contribution in [0.4, 0.5) is 0 Å². The van der Waals surface area contributed by atoms with Crippen molar-refractivity contribution in [3.63, 3.8) is 0 Å². The third-order valence-electron chi connectivity index (χ3n) is 5.61. The summed E-state index contributed by atoms with van der Waals surface area (Å²) in [5, 5.41) is 12.4. The molecule has 3 aromatic carbocycles. The second kappa shape index (κ2) is 11.8. The predicted octanol–water partition coefficient (Wildman–Crippen LogP) is 4.98. The third kappa shape index (κ3) is 6.54. The van der Waals surface area contributed by atoms with Crippen LogP contribution in [0.2, 0.25) is 0 Å². The number of nitrogens with one attached hydrogen (secondary N) is 1. The normalized spacial score (nSPS) is 12.4. The van der Waals surface area contributed by atoms with Crippen molar-refractivity contribution in [3.05, 3.63) is 95.6 Å². The van der Waals surface area contributed by atoms with Gasteiger partial charge in [-0.05, 0) is 48.6 Å². The van der Waals surface area contributed by atoms with Gasteiger partial charge >= 0.3 is 11.9 Å². The van der Waals surface area contributed by atoms with Crippen LogP contribution in [-0.4, -0.2) is 35.6 Å². The number of carbonyl (C=O) groups excluding carboxylic acids is 2. The van der Waals surface area contributed by atoms with Gasteiger partial charge < -0.3 is 15.2 Å². The fourth-order valence-electron chi connectivity index (χ4n) is 3.88. The minimum Gasteiger partial charge on any atom is -0.478 e. The molecule has 0 aliphatic heterocycles. The lowest BCUT2D eigenvalue weighted by Gasteiger charge is -2.22. The summed E-state index contributed by atoms with van der Waals surface area (Å²) in [6.07, 6.45) is 0.847. The van der Waals surface area contributed by atoms with Crippen molar-refractivity contribution in [1.82, 2.24) is 5.32 Å². The highest BCUT2D eigenvalue weighted by Gasteiger charge is 2.24. The van der Waals surface area contributed by atoms with Crippen LogP contribution < -0.4 is 5.32 Å². The van der Waals surface area contributed by atoms with Crippen LogP contribution in [0.3, 0.4) is 0 Å². The van der Waals surface area contributed by atoms with Crippen molar-refractivity contribution < 1.29 is 24.2 Å². The van der Waals surface area contributed by atoms with Crippen LogP contribution in [0.25, 0.3) is 11.1 Å². The van der Waals surface area contributed by atoms with E-state index < -0.39 is 23.8 Å². The third-order valence-corrected chi connectivity index (χ3v) is 5.61. The molecular weight excluding hydrogens is 430 g/mol. The highest BCUT2D eigenvalue weighted by Crippen LogP contribution is 2.21. The maximum atomic E-state index is 13.0. The summed E-state index contributed by atoms with van der Waals surface area (Å²) in [7, 11) is 0. The molecule has 34 heavy (non-hydrogen) atoms. The van der Waals surface area contributed by atoms with E-state index in [1.165, 1.54) is 12.1 Å². The van der Waals surface area contributed by atoms with E-state index >= 15 is 0 Å². The van der Waals surface area contributed by atoms with Crippen molar-refractivity contribution >= 4 is 17.8 Å². The molecule has 3 rings (SSSR count). The number of amides is 1. The van der Waals surface area contributed by atoms with Gasteiger partial charge in [0, 0.05) is 6.04 Å². The number of esters is 1. The standard InChI is InChI=1S/C28H29NO5/c1-3-34-28(33)19(2)17-23(29-26(30)24-11-7-8-12-25(24)27(31)32)18-20-13-15-22(16-14-20)21-9-5-4-6-10-21/h4-16,19,23H,3,17-18H2,1-2H3,(H,29,30)(H,31,32)/t19-,23+/m1/s1. The zero-order chi connectivity index (χ0) is 24.5. The van der Waals surface area contributed by atoms with E-state index in [1.54, 1.807) is 26.0 Å². The number of rotatable bonds is 10. The topological polar surface area (TPSA) is 92.7 Å². The second-order valence-corrected chi connectivity index (χ2v) is 8.18. The fourth-order valence-corrected chi connectivity index (χ4v) is 3.88. The van der Waals surface area contributed by atoms with Crippen molar-refractivity contribution in [3.8, 4) is 11.1 Å². The van der Waals surface area contributed by atoms with Gasteiger partial charge in [-0.3, -0.25) is 9.59 Å². The number of benzene rings is 3. The zero-order valence-corrected chi connectivity index (χ0v) is 19.4. The first kappa shape index (κ1) is 24.7. The molecule has 2 atom stereocenters. The van der Waals surface area contributed by atoms with Crippen molar-refractivity contribution in [2.24, 2.45) is 5.92 Å². The summed E-state index contributed by atoms with van der Waals surface area (Å²) in [6, 6.07) is 23.8. The van der Waals surface area contributed by atoms with E-state index in [9.17, 15) is 19.5 Å². The Labute approximate surface area is 199 Å². The van der Waals surface area contributed by atoms with Gasteiger partial charge in [-0.15, -0.1) is 0 Å². The Bertz CT molecular complexity index is 1130. The van der Waals surface area contributed by atoms with E-state index in [2.05, 4.69) is 5.32 Å². The molecule has 6 nitrogen and oxygen atoms in total. The molecule has 3 aromatic rings. The number of carboxylic acids is 1. The van der Waals surface area contributed by atoms with E-state index in [1.807, 2.05) is 54.6 Å². The van der Waals surface area contributed by atoms with E-state index in [4.69, 9.17) is 4.74 Å². The molecular formula is C28H29NO5. The Kier molecular flexibility index (Phi) is 8.57. The van der Waals surface area contributed by atoms with Crippen LogP contribution in [0.5, 0.6) is 0 Å². The molecule has 0 aromatic heterocycles. The summed E-state index contributed by atoms with van der Waals surface area (Å²) in [5.74, 6) is -2.41. The Hall–Kier alpha value is -3.93. The zero-order valence-electron chi connectivity index (χ0n) is 19.4. The number of ether oxygens (including phenoxy) is 1. The predicted molar refractivity (Wildman–Crippen MR) is 131 cm³/mol. The number of carbonyl (C=O) groups is 3. The molecule has 0 aliphatic rings. The Morgan fingerprint density at radius 3 is 2.06 bits per heavy atom. The molecule has 0 saturated heterocycles. The number of hydrogen-bond donors (Lipinski definition) is 2. The van der Waals surface area contributed by atoms with Gasteiger partial charge in [0.1, 0.15) is 0 Å². The SMILES string of the molecule is CCOC(=O)[C@H](C)C[C@@H](Cc1ccc(-c2ccccc2)cc1)NC(=O)c1ccccc1C(=O)O. The lowest BCUT2D eigenvalue weighted by molar-refractivity contribution is -0.147. The molecule has 0 bridgehead atoms. The fraction of sp³-hybridized carbons (Fsp3) is 0.250. The molecule has 0 aliphatic carbocycles. The summed E-state index contributed by atoms with van der Waals surface area (Å²) in [5.41, 5.74) is 3.21. The van der Waals surface area contributed by atoms with Crippen LogP contribution in [0, 0.1) is 5.92 Å². The van der Waals surface area contributed by atoms with E-state index in [0.29, 0.717) is 12.8 Å². The first-order valence-electron chi connectivity index (χ1n) is 11.3. The molecule has 0 fully saturated rings. The van der Waals surface area contributed by atoms with Crippen molar-refractivity contribution in [2.45, 2.75) is 32.7 Å². The monoisotopic (exact) mass is 459 g/mol. The lowest BCUT2D eigenvalue weighted by atomic mass is 9.94. The summed E-state index contributed by atoms with van der Waals surface area (Å²) in [6.45, 7) is 3.80. The maximum absolute atomic E-state index is 13.0. The highest BCUT2D eigenvalue weighted by atomic mass is 16.5. The van der Waals surface area contributed by atoms with Gasteiger partial charge in [-0.1, -0.05) is 73.7 Å². The van der Waals surface area contributed by atoms with Crippen molar-refractivity contribution in [1.29, 1.82) is 0 Å². The molecule has 2 N–H and O–H groups in total. The lowest BCUT2D eigenvalue weighted by Crippen LogP contribution is -2.39. The van der Waals surface area contributed by atoms with Gasteiger partial charge in [0.15, 0.2) is 0 Å². The summed E-state index contributed by atoms with van der Waals surface area (Å²) < 4.78 is 5.13. The molecule has 0 saturated carbocycles. The molecule has 176 valence electrons. The van der Waals surface area contributed by atoms with Crippen LogP contribution in [-0.2, 0) is 16.0 Å².